The van der Waals surface area contributed by atoms with Gasteiger partial charge in [-0.2, -0.15) is 0 Å². The highest BCUT2D eigenvalue weighted by atomic mass is 32.2. The van der Waals surface area contributed by atoms with E-state index in [0.717, 1.165) is 71.4 Å². The number of rotatable bonds is 4. The first kappa shape index (κ1) is 21.1. The molecule has 2 saturated heterocycles. The molecule has 0 aromatic rings. The van der Waals surface area contributed by atoms with Gasteiger partial charge in [0.2, 0.25) is 5.91 Å². The fraction of sp³-hybridized carbons (Fsp3) is 0.950. The maximum absolute atomic E-state index is 12.7. The van der Waals surface area contributed by atoms with E-state index in [1.165, 1.54) is 0 Å². The molecule has 0 radical (unpaired) electrons. The highest BCUT2D eigenvalue weighted by molar-refractivity contribution is 7.92. The van der Waals surface area contributed by atoms with Crippen LogP contribution in [0.15, 0.2) is 0 Å². The molecule has 1 amide bonds. The number of piperazine rings is 2. The number of hydrogen-bond donors (Lipinski definition) is 0. The van der Waals surface area contributed by atoms with Crippen LogP contribution >= 0.6 is 0 Å². The van der Waals surface area contributed by atoms with Gasteiger partial charge >= 0.3 is 0 Å². The first-order chi connectivity index (χ1) is 12.7. The van der Waals surface area contributed by atoms with Gasteiger partial charge in [0.05, 0.1) is 11.0 Å². The molecule has 7 heteroatoms. The first-order valence-electron chi connectivity index (χ1n) is 10.7. The molecular formula is C20H37N3O3S. The third kappa shape index (κ3) is 5.24. The van der Waals surface area contributed by atoms with Crippen LogP contribution in [0.4, 0.5) is 0 Å². The number of hydrogen-bond acceptors (Lipinski definition) is 5. The molecular weight excluding hydrogens is 362 g/mol. The molecule has 0 aromatic carbocycles. The monoisotopic (exact) mass is 399 g/mol. The quantitative estimate of drug-likeness (QED) is 0.721. The molecule has 0 aromatic heterocycles. The van der Waals surface area contributed by atoms with Crippen LogP contribution < -0.4 is 0 Å². The molecule has 27 heavy (non-hydrogen) atoms. The molecule has 0 bridgehead atoms. The molecule has 1 unspecified atom stereocenters. The van der Waals surface area contributed by atoms with Gasteiger partial charge in [0.15, 0.2) is 9.84 Å². The lowest BCUT2D eigenvalue weighted by molar-refractivity contribution is -0.135. The lowest BCUT2D eigenvalue weighted by atomic mass is 10.0. The van der Waals surface area contributed by atoms with Crippen LogP contribution in [0.1, 0.15) is 59.3 Å². The average Bonchev–Trinajstić information content (AvgIpc) is 2.65. The fourth-order valence-corrected chi connectivity index (χ4v) is 6.61. The summed E-state index contributed by atoms with van der Waals surface area (Å²) in [6, 6.07) is 0.366. The molecule has 1 aliphatic carbocycles. The summed E-state index contributed by atoms with van der Waals surface area (Å²) in [6.45, 7) is 12.2. The van der Waals surface area contributed by atoms with Crippen LogP contribution in [0.25, 0.3) is 0 Å². The Balaban J connectivity index is 1.52. The second-order valence-corrected chi connectivity index (χ2v) is 11.9. The van der Waals surface area contributed by atoms with E-state index < -0.39 is 9.84 Å². The topological polar surface area (TPSA) is 60.9 Å². The Kier molecular flexibility index (Phi) is 6.53. The zero-order chi connectivity index (χ0) is 19.7. The van der Waals surface area contributed by atoms with E-state index in [9.17, 15) is 13.2 Å². The number of nitrogens with zero attached hydrogens (tertiary/aromatic N) is 3. The van der Waals surface area contributed by atoms with E-state index >= 15 is 0 Å². The van der Waals surface area contributed by atoms with E-state index in [0.29, 0.717) is 6.04 Å². The van der Waals surface area contributed by atoms with Crippen molar-refractivity contribution in [1.29, 1.82) is 0 Å². The van der Waals surface area contributed by atoms with Crippen molar-refractivity contribution >= 4 is 15.7 Å². The molecule has 2 aliphatic heterocycles. The summed E-state index contributed by atoms with van der Waals surface area (Å²) in [5.41, 5.74) is 0.145. The molecule has 1 saturated carbocycles. The van der Waals surface area contributed by atoms with Gasteiger partial charge in [-0.25, -0.2) is 8.42 Å². The number of sulfone groups is 1. The molecule has 0 N–H and O–H groups in total. The zero-order valence-corrected chi connectivity index (χ0v) is 18.1. The van der Waals surface area contributed by atoms with Crippen molar-refractivity contribution < 1.29 is 13.2 Å². The smallest absolute Gasteiger partial charge is 0.223 e. The largest absolute Gasteiger partial charge is 0.340 e. The molecule has 156 valence electrons. The highest BCUT2D eigenvalue weighted by Gasteiger charge is 2.37. The Morgan fingerprint density at radius 1 is 0.963 bits per heavy atom. The van der Waals surface area contributed by atoms with Crippen LogP contribution in [0.3, 0.4) is 0 Å². The predicted molar refractivity (Wildman–Crippen MR) is 109 cm³/mol. The maximum Gasteiger partial charge on any atom is 0.223 e. The standard InChI is InChI=1S/C20H37N3O3S/c1-20(2,3)23-13-12-21-10-11-22(15-17(21)16-23)19(24)9-14-27(25,26)18-7-5-4-6-8-18/h17-18H,4-16H2,1-3H3. The minimum absolute atomic E-state index is 0.0157. The average molecular weight is 400 g/mol. The Morgan fingerprint density at radius 2 is 1.63 bits per heavy atom. The third-order valence-corrected chi connectivity index (χ3v) is 8.92. The number of carbonyl (C=O) groups excluding carboxylic acids is 1. The summed E-state index contributed by atoms with van der Waals surface area (Å²) in [6.07, 6.45) is 4.86. The minimum Gasteiger partial charge on any atom is -0.340 e. The Bertz CT molecular complexity index is 623. The summed E-state index contributed by atoms with van der Waals surface area (Å²) in [5, 5.41) is -0.213. The molecule has 2 heterocycles. The lowest BCUT2D eigenvalue weighted by Gasteiger charge is -2.50. The second kappa shape index (κ2) is 8.37. The van der Waals surface area contributed by atoms with E-state index in [1.54, 1.807) is 0 Å². The van der Waals surface area contributed by atoms with E-state index in [2.05, 4.69) is 30.6 Å². The SMILES string of the molecule is CC(C)(C)N1CCN2CCN(C(=O)CCS(=O)(=O)C3CCCCC3)CC2C1. The summed E-state index contributed by atoms with van der Waals surface area (Å²) in [5.74, 6) is 0.0390. The molecule has 3 aliphatic rings. The zero-order valence-electron chi connectivity index (χ0n) is 17.3. The Morgan fingerprint density at radius 3 is 2.30 bits per heavy atom. The van der Waals surface area contributed by atoms with E-state index in [-0.39, 0.29) is 28.9 Å². The van der Waals surface area contributed by atoms with E-state index in [4.69, 9.17) is 0 Å². The summed E-state index contributed by atoms with van der Waals surface area (Å²) in [7, 11) is -3.13. The minimum atomic E-state index is -3.13. The summed E-state index contributed by atoms with van der Waals surface area (Å²) in [4.78, 5) is 19.6. The molecule has 1 atom stereocenters. The summed E-state index contributed by atoms with van der Waals surface area (Å²) >= 11 is 0. The van der Waals surface area contributed by atoms with Crippen molar-refractivity contribution in [2.45, 2.75) is 76.1 Å². The highest BCUT2D eigenvalue weighted by Crippen LogP contribution is 2.25. The van der Waals surface area contributed by atoms with Gasteiger partial charge in [0.1, 0.15) is 0 Å². The van der Waals surface area contributed by atoms with Gasteiger partial charge < -0.3 is 4.90 Å². The summed E-state index contributed by atoms with van der Waals surface area (Å²) < 4.78 is 25.1. The van der Waals surface area contributed by atoms with Gasteiger partial charge in [0, 0.05) is 57.3 Å². The van der Waals surface area contributed by atoms with Gasteiger partial charge in [-0.05, 0) is 33.6 Å². The Labute approximate surface area is 165 Å². The van der Waals surface area contributed by atoms with Crippen LogP contribution in [0.5, 0.6) is 0 Å². The van der Waals surface area contributed by atoms with Crippen molar-refractivity contribution in [1.82, 2.24) is 14.7 Å². The molecule has 3 fully saturated rings. The van der Waals surface area contributed by atoms with Crippen LogP contribution in [0.2, 0.25) is 0 Å². The maximum atomic E-state index is 12.7. The van der Waals surface area contributed by atoms with Crippen LogP contribution in [-0.2, 0) is 14.6 Å². The Hall–Kier alpha value is -0.660. The lowest BCUT2D eigenvalue weighted by Crippen LogP contribution is -2.65. The van der Waals surface area contributed by atoms with Crippen molar-refractivity contribution in [3.63, 3.8) is 0 Å². The number of amides is 1. The van der Waals surface area contributed by atoms with Crippen molar-refractivity contribution in [2.75, 3.05) is 45.0 Å². The van der Waals surface area contributed by atoms with E-state index in [1.807, 2.05) is 4.90 Å². The predicted octanol–water partition coefficient (Wildman–Crippen LogP) is 1.75. The third-order valence-electron chi connectivity index (χ3n) is 6.65. The number of carbonyl (C=O) groups is 1. The van der Waals surface area contributed by atoms with Crippen molar-refractivity contribution in [3.05, 3.63) is 0 Å². The van der Waals surface area contributed by atoms with Crippen molar-refractivity contribution in [2.24, 2.45) is 0 Å². The van der Waals surface area contributed by atoms with Gasteiger partial charge in [-0.15, -0.1) is 0 Å². The molecule has 0 spiro atoms. The van der Waals surface area contributed by atoms with Crippen molar-refractivity contribution in [3.8, 4) is 0 Å². The van der Waals surface area contributed by atoms with Crippen LogP contribution in [-0.4, -0.2) is 90.9 Å². The second-order valence-electron chi connectivity index (χ2n) is 9.52. The number of fused-ring (bicyclic) bond motifs is 1. The first-order valence-corrected chi connectivity index (χ1v) is 12.4. The van der Waals surface area contributed by atoms with Gasteiger partial charge in [0.25, 0.3) is 0 Å². The normalized spacial score (nSPS) is 26.8. The van der Waals surface area contributed by atoms with Gasteiger partial charge in [-0.3, -0.25) is 14.6 Å². The van der Waals surface area contributed by atoms with Crippen LogP contribution in [0, 0.1) is 0 Å². The molecule has 6 nitrogen and oxygen atoms in total. The molecule has 3 rings (SSSR count). The van der Waals surface area contributed by atoms with Gasteiger partial charge in [-0.1, -0.05) is 19.3 Å². The fourth-order valence-electron chi connectivity index (χ4n) is 4.77.